The molecule has 0 aliphatic carbocycles. The van der Waals surface area contributed by atoms with Crippen molar-refractivity contribution in [3.8, 4) is 22.5 Å². The Balaban J connectivity index is 0.899. The van der Waals surface area contributed by atoms with Crippen molar-refractivity contribution in [3.05, 3.63) is 279 Å². The second-order valence-corrected chi connectivity index (χ2v) is 21.1. The Labute approximate surface area is 453 Å². The topological polar surface area (TPSA) is 29.5 Å². The Morgan fingerprint density at radius 1 is 0.295 bits per heavy atom. The molecule has 0 atom stereocenters. The van der Waals surface area contributed by atoms with Crippen molar-refractivity contribution in [3.63, 3.8) is 0 Å². The number of benzene rings is 12. The maximum Gasteiger partial charge on any atom is 0.145 e. The van der Waals surface area contributed by atoms with E-state index in [2.05, 4.69) is 298 Å². The van der Waals surface area contributed by atoms with Gasteiger partial charge in [-0.2, -0.15) is 0 Å². The van der Waals surface area contributed by atoms with Crippen LogP contribution in [0.15, 0.2) is 283 Å². The van der Waals surface area contributed by atoms with Crippen LogP contribution in [0.25, 0.3) is 108 Å². The highest BCUT2D eigenvalue weighted by molar-refractivity contribution is 7.26. The summed E-state index contributed by atoms with van der Waals surface area (Å²) in [5.41, 5.74) is 17.1. The lowest BCUT2D eigenvalue weighted by Crippen LogP contribution is -2.13. The molecule has 0 amide bonds. The minimum atomic E-state index is 0.894. The van der Waals surface area contributed by atoms with E-state index in [1.807, 2.05) is 11.3 Å². The smallest absolute Gasteiger partial charge is 0.145 e. The Bertz CT molecular complexity index is 4800. The number of rotatable bonds is 9. The molecule has 0 saturated heterocycles. The van der Waals surface area contributed by atoms with E-state index in [-0.39, 0.29) is 0 Å². The van der Waals surface area contributed by atoms with Gasteiger partial charge >= 0.3 is 0 Å². The van der Waals surface area contributed by atoms with Gasteiger partial charge in [-0.15, -0.1) is 11.3 Å². The molecule has 0 aliphatic heterocycles. The van der Waals surface area contributed by atoms with Crippen molar-refractivity contribution in [2.24, 2.45) is 0 Å². The number of aromatic nitrogens is 2. The quantitative estimate of drug-likeness (QED) is 0.144. The third-order valence-corrected chi connectivity index (χ3v) is 16.8. The van der Waals surface area contributed by atoms with Gasteiger partial charge in [0.2, 0.25) is 0 Å². The fraction of sp³-hybridized carbons (Fsp3) is 0. The first-order chi connectivity index (χ1) is 38.7. The van der Waals surface area contributed by atoms with E-state index >= 15 is 0 Å². The Morgan fingerprint density at radius 3 is 1.32 bits per heavy atom. The summed E-state index contributed by atoms with van der Waals surface area (Å²) in [7, 11) is 0. The number of hydrogen-bond donors (Lipinski definition) is 0. The molecule has 16 rings (SSSR count). The van der Waals surface area contributed by atoms with Crippen LogP contribution in [0.1, 0.15) is 0 Å². The van der Waals surface area contributed by atoms with Gasteiger partial charge in [0, 0.05) is 76.8 Å². The normalized spacial score (nSPS) is 11.8. The molecular weight excluding hydrogens is 969 g/mol. The Morgan fingerprint density at radius 2 is 0.756 bits per heavy atom. The number of para-hydroxylation sites is 6. The van der Waals surface area contributed by atoms with Gasteiger partial charge in [-0.25, -0.2) is 0 Å². The summed E-state index contributed by atoms with van der Waals surface area (Å²) < 4.78 is 14.8. The van der Waals surface area contributed by atoms with Crippen molar-refractivity contribution in [1.29, 1.82) is 0 Å². The second kappa shape index (κ2) is 17.7. The second-order valence-electron chi connectivity index (χ2n) is 20.0. The van der Waals surface area contributed by atoms with Gasteiger partial charge in [0.15, 0.2) is 0 Å². The van der Waals surface area contributed by atoms with Crippen molar-refractivity contribution in [2.45, 2.75) is 0 Å². The van der Waals surface area contributed by atoms with Gasteiger partial charge in [-0.3, -0.25) is 0 Å². The average Bonchev–Trinajstić information content (AvgIpc) is 4.47. The highest BCUT2D eigenvalue weighted by Gasteiger charge is 2.25. The minimum absolute atomic E-state index is 0.894. The van der Waals surface area contributed by atoms with E-state index in [9.17, 15) is 0 Å². The van der Waals surface area contributed by atoms with Gasteiger partial charge in [0.25, 0.3) is 0 Å². The van der Waals surface area contributed by atoms with Gasteiger partial charge in [-0.1, -0.05) is 152 Å². The van der Waals surface area contributed by atoms with Crippen LogP contribution in [0.3, 0.4) is 0 Å². The van der Waals surface area contributed by atoms with E-state index in [1.54, 1.807) is 0 Å². The summed E-state index contributed by atoms with van der Waals surface area (Å²) in [5.74, 6) is 0. The van der Waals surface area contributed by atoms with Crippen LogP contribution in [0, 0.1) is 0 Å². The number of hydrogen-bond acceptors (Lipinski definition) is 4. The van der Waals surface area contributed by atoms with Crippen molar-refractivity contribution in [1.82, 2.24) is 9.13 Å². The molecule has 6 heteroatoms. The molecule has 0 saturated carbocycles. The van der Waals surface area contributed by atoms with E-state index < -0.39 is 0 Å². The lowest BCUT2D eigenvalue weighted by Gasteiger charge is -2.30. The van der Waals surface area contributed by atoms with E-state index in [0.717, 1.165) is 111 Å². The van der Waals surface area contributed by atoms with Crippen LogP contribution in [0.2, 0.25) is 0 Å². The monoisotopic (exact) mass is 1010 g/mol. The zero-order valence-corrected chi connectivity index (χ0v) is 43.0. The van der Waals surface area contributed by atoms with E-state index in [1.165, 1.54) is 31.2 Å². The third-order valence-electron chi connectivity index (χ3n) is 15.6. The minimum Gasteiger partial charge on any atom is -0.455 e. The zero-order chi connectivity index (χ0) is 51.3. The maximum absolute atomic E-state index is 7.41. The van der Waals surface area contributed by atoms with Gasteiger partial charge < -0.3 is 23.4 Å². The molecule has 366 valence electrons. The molecule has 12 aromatic carbocycles. The highest BCUT2D eigenvalue weighted by atomic mass is 32.1. The predicted octanol–water partition coefficient (Wildman–Crippen LogP) is 20.8. The third kappa shape index (κ3) is 6.87. The number of fused-ring (bicyclic) bond motifs is 14. The SMILES string of the molecule is c1ccc(N(c2ccccc2)c2cc(-c3cccc(-n4c5ccccc5c5c6oc7c(ccc8c7c7ccccc7n8-c7cccc8c7sc7ccccc78)c6ccc54)c3)cc(N(c3ccccc3)c3ccccc3)c2)cc1. The summed E-state index contributed by atoms with van der Waals surface area (Å²) in [6.45, 7) is 0. The highest BCUT2D eigenvalue weighted by Crippen LogP contribution is 2.48. The largest absolute Gasteiger partial charge is 0.455 e. The van der Waals surface area contributed by atoms with Gasteiger partial charge in [0.05, 0.1) is 43.2 Å². The average molecular weight is 1020 g/mol. The summed E-state index contributed by atoms with van der Waals surface area (Å²) in [4.78, 5) is 4.71. The first-order valence-electron chi connectivity index (χ1n) is 26.5. The van der Waals surface area contributed by atoms with Crippen LogP contribution in [-0.4, -0.2) is 9.13 Å². The molecule has 16 aromatic rings. The number of furan rings is 1. The molecule has 0 N–H and O–H groups in total. The Kier molecular flexibility index (Phi) is 10.0. The van der Waals surface area contributed by atoms with Gasteiger partial charge in [-0.05, 0) is 139 Å². The summed E-state index contributed by atoms with van der Waals surface area (Å²) in [6, 6.07) is 101. The fourth-order valence-corrected chi connectivity index (χ4v) is 13.5. The molecule has 0 spiro atoms. The molecule has 5 nitrogen and oxygen atoms in total. The standard InChI is InChI=1S/C72H46N4OS/c1-5-22-49(23-6-1)73(50-24-7-2-8-25-50)54-44-48(45-55(46-54)74(51-26-9-3-10-27-51)52-28-11-4-12-29-52)47-21-19-30-53(43-47)75-62-35-16-13-32-60(62)68-64(75)41-39-57-58-40-42-65-69(71(58)77-70(57)68)61-33-14-17-36-63(61)76(65)66-37-20-34-59-56-31-15-18-38-67(56)78-72(59)66/h1-46H. The molecule has 4 aromatic heterocycles. The molecule has 78 heavy (non-hydrogen) atoms. The fourth-order valence-electron chi connectivity index (χ4n) is 12.3. The maximum atomic E-state index is 7.41. The first-order valence-corrected chi connectivity index (χ1v) is 27.3. The molecule has 0 aliphatic rings. The van der Waals surface area contributed by atoms with Crippen LogP contribution in [-0.2, 0) is 0 Å². The molecule has 0 unspecified atom stereocenters. The predicted molar refractivity (Wildman–Crippen MR) is 330 cm³/mol. The summed E-state index contributed by atoms with van der Waals surface area (Å²) >= 11 is 1.86. The van der Waals surface area contributed by atoms with Crippen LogP contribution < -0.4 is 9.80 Å². The first kappa shape index (κ1) is 44.2. The molecular formula is C72H46N4OS. The number of anilines is 6. The Hall–Kier alpha value is -10.1. The lowest BCUT2D eigenvalue weighted by molar-refractivity contribution is 0.677. The van der Waals surface area contributed by atoms with Crippen molar-refractivity contribution >= 4 is 131 Å². The molecule has 0 fully saturated rings. The van der Waals surface area contributed by atoms with Gasteiger partial charge in [0.1, 0.15) is 11.2 Å². The summed E-state index contributed by atoms with van der Waals surface area (Å²) in [6.07, 6.45) is 0. The summed E-state index contributed by atoms with van der Waals surface area (Å²) in [5, 5.41) is 9.32. The van der Waals surface area contributed by atoms with E-state index in [0.29, 0.717) is 0 Å². The van der Waals surface area contributed by atoms with E-state index in [4.69, 9.17) is 4.42 Å². The lowest BCUT2D eigenvalue weighted by atomic mass is 10.0. The number of thiophene rings is 1. The molecule has 4 heterocycles. The van der Waals surface area contributed by atoms with Crippen LogP contribution in [0.4, 0.5) is 34.1 Å². The zero-order valence-electron chi connectivity index (χ0n) is 42.2. The van der Waals surface area contributed by atoms with Crippen LogP contribution in [0.5, 0.6) is 0 Å². The number of nitrogens with zero attached hydrogens (tertiary/aromatic N) is 4. The molecule has 0 bridgehead atoms. The van der Waals surface area contributed by atoms with Crippen molar-refractivity contribution < 1.29 is 4.42 Å². The van der Waals surface area contributed by atoms with Crippen molar-refractivity contribution in [2.75, 3.05) is 9.80 Å². The molecule has 0 radical (unpaired) electrons. The van der Waals surface area contributed by atoms with Crippen LogP contribution >= 0.6 is 11.3 Å².